The second-order valence-corrected chi connectivity index (χ2v) is 5.78. The molecule has 2 bridgehead atoms. The van der Waals surface area contributed by atoms with Crippen LogP contribution in [0, 0.1) is 5.92 Å². The minimum absolute atomic E-state index is 0.137. The molecule has 2 N–H and O–H groups in total. The molecule has 0 aliphatic carbocycles. The summed E-state index contributed by atoms with van der Waals surface area (Å²) in [5.41, 5.74) is 0. The number of hydrogen-bond acceptors (Lipinski definition) is 4. The quantitative estimate of drug-likeness (QED) is 0.743. The van der Waals surface area contributed by atoms with E-state index in [0.717, 1.165) is 32.5 Å². The van der Waals surface area contributed by atoms with Crippen molar-refractivity contribution in [3.63, 3.8) is 0 Å². The topological polar surface area (TPSA) is 78.9 Å². The van der Waals surface area contributed by atoms with Crippen molar-refractivity contribution in [3.05, 3.63) is 0 Å². The molecule has 4 aliphatic rings. The Balaban J connectivity index is 1.53. The predicted molar refractivity (Wildman–Crippen MR) is 66.6 cm³/mol. The number of hydrogen-bond donors (Lipinski definition) is 2. The molecule has 0 saturated carbocycles. The highest BCUT2D eigenvalue weighted by atomic mass is 16.5. The maximum Gasteiger partial charge on any atom is 0.332 e. The van der Waals surface area contributed by atoms with Crippen molar-refractivity contribution in [1.29, 1.82) is 0 Å². The average Bonchev–Trinajstić information content (AvgIpc) is 2.90. The van der Waals surface area contributed by atoms with E-state index in [9.17, 15) is 9.59 Å². The first kappa shape index (κ1) is 12.9. The van der Waals surface area contributed by atoms with Crippen LogP contribution in [0.5, 0.6) is 0 Å². The summed E-state index contributed by atoms with van der Waals surface area (Å²) < 4.78 is 5.28. The molecule has 4 heterocycles. The number of amides is 1. The molecular weight excluding hydrogens is 248 g/mol. The first-order chi connectivity index (χ1) is 9.13. The SMILES string of the molecule is O=C(NC1CN2CCC1CC2)[C@@H]1CC[C@H](C(=O)O)O1. The second-order valence-electron chi connectivity index (χ2n) is 5.78. The Morgan fingerprint density at radius 1 is 1.11 bits per heavy atom. The van der Waals surface area contributed by atoms with Crippen molar-refractivity contribution in [2.75, 3.05) is 19.6 Å². The zero-order valence-electron chi connectivity index (χ0n) is 10.9. The third-order valence-corrected chi connectivity index (χ3v) is 4.57. The number of aliphatic carboxylic acids is 1. The van der Waals surface area contributed by atoms with Gasteiger partial charge in [0.25, 0.3) is 0 Å². The number of ether oxygens (including phenoxy) is 1. The van der Waals surface area contributed by atoms with Crippen molar-refractivity contribution < 1.29 is 19.4 Å². The lowest BCUT2D eigenvalue weighted by atomic mass is 9.84. The third kappa shape index (κ3) is 2.60. The number of rotatable bonds is 3. The largest absolute Gasteiger partial charge is 0.479 e. The number of nitrogens with one attached hydrogen (secondary N) is 1. The molecule has 1 amide bonds. The molecule has 1 unspecified atom stereocenters. The standard InChI is InChI=1S/C13H20N2O4/c16-12(10-1-2-11(19-10)13(17)18)14-9-7-15-5-3-8(9)4-6-15/h8-11H,1-7H2,(H,14,16)(H,17,18)/t9?,10-,11+/m0/s1. The van der Waals surface area contributed by atoms with Gasteiger partial charge in [-0.05, 0) is 44.7 Å². The Labute approximate surface area is 112 Å². The van der Waals surface area contributed by atoms with Crippen LogP contribution in [-0.2, 0) is 14.3 Å². The molecule has 19 heavy (non-hydrogen) atoms. The van der Waals surface area contributed by atoms with E-state index < -0.39 is 18.2 Å². The molecule has 6 nitrogen and oxygen atoms in total. The minimum Gasteiger partial charge on any atom is -0.479 e. The smallest absolute Gasteiger partial charge is 0.332 e. The Morgan fingerprint density at radius 2 is 1.79 bits per heavy atom. The van der Waals surface area contributed by atoms with Crippen molar-refractivity contribution in [3.8, 4) is 0 Å². The van der Waals surface area contributed by atoms with Gasteiger partial charge in [-0.15, -0.1) is 0 Å². The van der Waals surface area contributed by atoms with Crippen LogP contribution in [0.1, 0.15) is 25.7 Å². The van der Waals surface area contributed by atoms with E-state index in [2.05, 4.69) is 10.2 Å². The first-order valence-electron chi connectivity index (χ1n) is 7.04. The number of carbonyl (C=O) groups excluding carboxylic acids is 1. The number of piperidine rings is 3. The summed E-state index contributed by atoms with van der Waals surface area (Å²) in [6.07, 6.45) is 1.82. The maximum atomic E-state index is 12.1. The average molecular weight is 268 g/mol. The highest BCUT2D eigenvalue weighted by Crippen LogP contribution is 2.28. The molecule has 0 aromatic rings. The van der Waals surface area contributed by atoms with E-state index in [4.69, 9.17) is 9.84 Å². The molecule has 106 valence electrons. The van der Waals surface area contributed by atoms with E-state index in [1.165, 1.54) is 0 Å². The lowest BCUT2D eigenvalue weighted by molar-refractivity contribution is -0.152. The molecule has 0 radical (unpaired) electrons. The Bertz CT molecular complexity index is 379. The normalized spacial score (nSPS) is 41.2. The third-order valence-electron chi connectivity index (χ3n) is 4.57. The summed E-state index contributed by atoms with van der Waals surface area (Å²) in [6.45, 7) is 3.20. The summed E-state index contributed by atoms with van der Waals surface area (Å²) in [7, 11) is 0. The van der Waals surface area contributed by atoms with E-state index in [0.29, 0.717) is 18.8 Å². The van der Waals surface area contributed by atoms with Crippen LogP contribution < -0.4 is 5.32 Å². The van der Waals surface area contributed by atoms with Crippen LogP contribution in [0.4, 0.5) is 0 Å². The molecule has 4 fully saturated rings. The Morgan fingerprint density at radius 3 is 2.32 bits per heavy atom. The van der Waals surface area contributed by atoms with Gasteiger partial charge in [-0.1, -0.05) is 0 Å². The molecule has 6 heteroatoms. The van der Waals surface area contributed by atoms with Crippen LogP contribution in [0.3, 0.4) is 0 Å². The fourth-order valence-electron chi connectivity index (χ4n) is 3.42. The minimum atomic E-state index is -0.974. The zero-order chi connectivity index (χ0) is 13.4. The zero-order valence-corrected chi connectivity index (χ0v) is 10.9. The fraction of sp³-hybridized carbons (Fsp3) is 0.846. The Hall–Kier alpha value is -1.14. The van der Waals surface area contributed by atoms with E-state index >= 15 is 0 Å². The molecule has 4 aliphatic heterocycles. The van der Waals surface area contributed by atoms with Gasteiger partial charge in [0.1, 0.15) is 6.10 Å². The van der Waals surface area contributed by atoms with Crippen molar-refractivity contribution in [2.45, 2.75) is 43.9 Å². The molecule has 4 saturated heterocycles. The summed E-state index contributed by atoms with van der Waals surface area (Å²) in [5, 5.41) is 11.9. The van der Waals surface area contributed by atoms with Crippen molar-refractivity contribution in [2.24, 2.45) is 5.92 Å². The van der Waals surface area contributed by atoms with Crippen molar-refractivity contribution in [1.82, 2.24) is 10.2 Å². The fourth-order valence-corrected chi connectivity index (χ4v) is 3.42. The maximum absolute atomic E-state index is 12.1. The van der Waals surface area contributed by atoms with Gasteiger partial charge >= 0.3 is 5.97 Å². The van der Waals surface area contributed by atoms with Crippen LogP contribution >= 0.6 is 0 Å². The number of carbonyl (C=O) groups is 2. The molecule has 4 rings (SSSR count). The molecule has 0 aromatic carbocycles. The van der Waals surface area contributed by atoms with Crippen LogP contribution in [-0.4, -0.2) is 59.8 Å². The number of carboxylic acids is 1. The lowest BCUT2D eigenvalue weighted by Gasteiger charge is -2.45. The van der Waals surface area contributed by atoms with E-state index in [1.54, 1.807) is 0 Å². The molecule has 0 spiro atoms. The summed E-state index contributed by atoms with van der Waals surface area (Å²) in [5.74, 6) is -0.536. The summed E-state index contributed by atoms with van der Waals surface area (Å²) in [6, 6.07) is 0.211. The first-order valence-corrected chi connectivity index (χ1v) is 7.04. The lowest BCUT2D eigenvalue weighted by Crippen LogP contribution is -2.58. The van der Waals surface area contributed by atoms with Gasteiger partial charge in [-0.2, -0.15) is 0 Å². The monoisotopic (exact) mass is 268 g/mol. The highest BCUT2D eigenvalue weighted by molar-refractivity contribution is 5.82. The summed E-state index contributed by atoms with van der Waals surface area (Å²) in [4.78, 5) is 25.3. The van der Waals surface area contributed by atoms with Gasteiger partial charge in [0.2, 0.25) is 5.91 Å². The van der Waals surface area contributed by atoms with Crippen LogP contribution in [0.2, 0.25) is 0 Å². The highest BCUT2D eigenvalue weighted by Gasteiger charge is 2.39. The van der Waals surface area contributed by atoms with Crippen LogP contribution in [0.15, 0.2) is 0 Å². The van der Waals surface area contributed by atoms with Gasteiger partial charge in [-0.3, -0.25) is 4.79 Å². The number of fused-ring (bicyclic) bond motifs is 3. The second kappa shape index (κ2) is 5.09. The predicted octanol–water partition coefficient (Wildman–Crippen LogP) is -0.171. The van der Waals surface area contributed by atoms with Gasteiger partial charge < -0.3 is 20.1 Å². The molecule has 3 atom stereocenters. The van der Waals surface area contributed by atoms with Crippen molar-refractivity contribution >= 4 is 11.9 Å². The van der Waals surface area contributed by atoms with E-state index in [-0.39, 0.29) is 11.9 Å². The van der Waals surface area contributed by atoms with Gasteiger partial charge in [0.05, 0.1) is 0 Å². The van der Waals surface area contributed by atoms with Gasteiger partial charge in [-0.25, -0.2) is 4.79 Å². The van der Waals surface area contributed by atoms with E-state index in [1.807, 2.05) is 0 Å². The molecular formula is C13H20N2O4. The van der Waals surface area contributed by atoms with Gasteiger partial charge in [0, 0.05) is 12.6 Å². The Kier molecular flexibility index (Phi) is 3.45. The van der Waals surface area contributed by atoms with Crippen LogP contribution in [0.25, 0.3) is 0 Å². The number of carboxylic acid groups (broad SMARTS) is 1. The van der Waals surface area contributed by atoms with Gasteiger partial charge in [0.15, 0.2) is 6.10 Å². The molecule has 0 aromatic heterocycles. The summed E-state index contributed by atoms with van der Waals surface area (Å²) >= 11 is 0. The number of nitrogens with zero attached hydrogens (tertiary/aromatic N) is 1.